The summed E-state index contributed by atoms with van der Waals surface area (Å²) in [5.41, 5.74) is 1.45. The van der Waals surface area contributed by atoms with Crippen LogP contribution in [-0.2, 0) is 4.79 Å². The van der Waals surface area contributed by atoms with Gasteiger partial charge in [-0.25, -0.2) is 0 Å². The minimum Gasteiger partial charge on any atom is -0.352 e. The summed E-state index contributed by atoms with van der Waals surface area (Å²) in [6.07, 6.45) is 3.03. The normalized spacial score (nSPS) is 14.2. The number of benzene rings is 2. The predicted molar refractivity (Wildman–Crippen MR) is 122 cm³/mol. The fraction of sp³-hybridized carbons (Fsp3) is 0.375. The SMILES string of the molecule is CCCCNC(=O)c1ccccc1NC(=O)C1CCN(C(=O)c2ccccc2Cl)CC1. The number of rotatable bonds is 7. The van der Waals surface area contributed by atoms with E-state index >= 15 is 0 Å². The highest BCUT2D eigenvalue weighted by Gasteiger charge is 2.29. The molecular weight excluding hydrogens is 414 g/mol. The topological polar surface area (TPSA) is 78.5 Å². The number of para-hydroxylation sites is 1. The summed E-state index contributed by atoms with van der Waals surface area (Å²) in [6, 6.07) is 14.0. The molecule has 0 aromatic heterocycles. The van der Waals surface area contributed by atoms with Crippen LogP contribution in [0.5, 0.6) is 0 Å². The second-order valence-corrected chi connectivity index (χ2v) is 8.10. The molecule has 6 nitrogen and oxygen atoms in total. The molecule has 1 saturated heterocycles. The van der Waals surface area contributed by atoms with Gasteiger partial charge in [-0.1, -0.05) is 49.2 Å². The highest BCUT2D eigenvalue weighted by Crippen LogP contribution is 2.24. The summed E-state index contributed by atoms with van der Waals surface area (Å²) in [5, 5.41) is 6.23. The Bertz CT molecular complexity index is 939. The predicted octanol–water partition coefficient (Wildman–Crippen LogP) is 4.36. The molecule has 7 heteroatoms. The lowest BCUT2D eigenvalue weighted by atomic mass is 9.95. The number of likely N-dealkylation sites (tertiary alicyclic amines) is 1. The largest absolute Gasteiger partial charge is 0.352 e. The average Bonchev–Trinajstić information content (AvgIpc) is 2.79. The van der Waals surface area contributed by atoms with Crippen LogP contribution in [0.25, 0.3) is 0 Å². The van der Waals surface area contributed by atoms with E-state index in [4.69, 9.17) is 11.6 Å². The Morgan fingerprint density at radius 2 is 1.65 bits per heavy atom. The number of unbranched alkanes of at least 4 members (excludes halogenated alkanes) is 1. The van der Waals surface area contributed by atoms with Crippen LogP contribution >= 0.6 is 11.6 Å². The second kappa shape index (κ2) is 11.0. The minimum atomic E-state index is -0.216. The summed E-state index contributed by atoms with van der Waals surface area (Å²) in [4.78, 5) is 39.7. The Hall–Kier alpha value is -2.86. The van der Waals surface area contributed by atoms with E-state index in [1.165, 1.54) is 0 Å². The zero-order valence-corrected chi connectivity index (χ0v) is 18.5. The monoisotopic (exact) mass is 441 g/mol. The van der Waals surface area contributed by atoms with E-state index in [1.54, 1.807) is 53.4 Å². The quantitative estimate of drug-likeness (QED) is 0.626. The van der Waals surface area contributed by atoms with Crippen LogP contribution in [0.1, 0.15) is 53.3 Å². The second-order valence-electron chi connectivity index (χ2n) is 7.69. The zero-order valence-electron chi connectivity index (χ0n) is 17.7. The van der Waals surface area contributed by atoms with Gasteiger partial charge in [0.15, 0.2) is 0 Å². The van der Waals surface area contributed by atoms with Gasteiger partial charge in [0.2, 0.25) is 5.91 Å². The molecule has 2 N–H and O–H groups in total. The average molecular weight is 442 g/mol. The maximum atomic E-state index is 12.8. The summed E-state index contributed by atoms with van der Waals surface area (Å²) in [7, 11) is 0. The highest BCUT2D eigenvalue weighted by atomic mass is 35.5. The Balaban J connectivity index is 1.58. The van der Waals surface area contributed by atoms with Crippen LogP contribution in [0.3, 0.4) is 0 Å². The van der Waals surface area contributed by atoms with Crippen LogP contribution < -0.4 is 10.6 Å². The van der Waals surface area contributed by atoms with Gasteiger partial charge in [0.1, 0.15) is 0 Å². The molecule has 1 aliphatic heterocycles. The fourth-order valence-corrected chi connectivity index (χ4v) is 3.87. The molecule has 3 rings (SSSR count). The smallest absolute Gasteiger partial charge is 0.255 e. The van der Waals surface area contributed by atoms with Gasteiger partial charge in [-0.15, -0.1) is 0 Å². The van der Waals surface area contributed by atoms with Gasteiger partial charge in [-0.05, 0) is 43.5 Å². The van der Waals surface area contributed by atoms with E-state index in [0.29, 0.717) is 54.3 Å². The molecule has 1 heterocycles. The molecule has 0 spiro atoms. The number of carbonyl (C=O) groups is 3. The van der Waals surface area contributed by atoms with Gasteiger partial charge in [0.05, 0.1) is 21.8 Å². The molecule has 0 saturated carbocycles. The third kappa shape index (κ3) is 5.85. The lowest BCUT2D eigenvalue weighted by Crippen LogP contribution is -2.41. The Morgan fingerprint density at radius 1 is 1.00 bits per heavy atom. The van der Waals surface area contributed by atoms with E-state index in [9.17, 15) is 14.4 Å². The molecule has 2 aromatic rings. The van der Waals surface area contributed by atoms with Crippen molar-refractivity contribution in [2.45, 2.75) is 32.6 Å². The molecule has 0 aliphatic carbocycles. The number of halogens is 1. The van der Waals surface area contributed by atoms with Crippen LogP contribution in [-0.4, -0.2) is 42.3 Å². The molecule has 31 heavy (non-hydrogen) atoms. The first-order chi connectivity index (χ1) is 15.0. The number of anilines is 1. The molecule has 3 amide bonds. The van der Waals surface area contributed by atoms with Crippen molar-refractivity contribution >= 4 is 35.0 Å². The number of piperidine rings is 1. The van der Waals surface area contributed by atoms with Gasteiger partial charge in [-0.2, -0.15) is 0 Å². The van der Waals surface area contributed by atoms with Crippen molar-refractivity contribution in [3.63, 3.8) is 0 Å². The van der Waals surface area contributed by atoms with E-state index in [2.05, 4.69) is 17.6 Å². The number of nitrogens with one attached hydrogen (secondary N) is 2. The maximum absolute atomic E-state index is 12.8. The van der Waals surface area contributed by atoms with Gasteiger partial charge in [0.25, 0.3) is 11.8 Å². The first kappa shape index (κ1) is 22.8. The van der Waals surface area contributed by atoms with Crippen LogP contribution in [0.15, 0.2) is 48.5 Å². The molecule has 0 radical (unpaired) electrons. The molecular formula is C24H28ClN3O3. The Labute approximate surface area is 188 Å². The molecule has 0 bridgehead atoms. The van der Waals surface area contributed by atoms with E-state index in [1.807, 2.05) is 0 Å². The van der Waals surface area contributed by atoms with Crippen LogP contribution in [0, 0.1) is 5.92 Å². The lowest BCUT2D eigenvalue weighted by Gasteiger charge is -2.31. The van der Waals surface area contributed by atoms with E-state index in [0.717, 1.165) is 12.8 Å². The number of hydrogen-bond donors (Lipinski definition) is 2. The summed E-state index contributed by atoms with van der Waals surface area (Å²) in [6.45, 7) is 3.64. The Kier molecular flexibility index (Phi) is 8.06. The molecule has 0 atom stereocenters. The number of amides is 3. The maximum Gasteiger partial charge on any atom is 0.255 e. The Morgan fingerprint density at radius 3 is 2.32 bits per heavy atom. The third-order valence-corrected chi connectivity index (χ3v) is 5.83. The lowest BCUT2D eigenvalue weighted by molar-refractivity contribution is -0.121. The minimum absolute atomic E-state index is 0.112. The molecule has 1 fully saturated rings. The third-order valence-electron chi connectivity index (χ3n) is 5.50. The van der Waals surface area contributed by atoms with Crippen molar-refractivity contribution in [2.24, 2.45) is 5.92 Å². The van der Waals surface area contributed by atoms with Crippen LogP contribution in [0.2, 0.25) is 5.02 Å². The van der Waals surface area contributed by atoms with Gasteiger partial charge in [0, 0.05) is 25.6 Å². The first-order valence-corrected chi connectivity index (χ1v) is 11.1. The zero-order chi connectivity index (χ0) is 22.2. The fourth-order valence-electron chi connectivity index (χ4n) is 3.65. The summed E-state index contributed by atoms with van der Waals surface area (Å²) >= 11 is 6.14. The van der Waals surface area contributed by atoms with Crippen molar-refractivity contribution in [3.8, 4) is 0 Å². The van der Waals surface area contributed by atoms with Crippen molar-refractivity contribution in [3.05, 3.63) is 64.7 Å². The molecule has 164 valence electrons. The number of nitrogens with zero attached hydrogens (tertiary/aromatic N) is 1. The molecule has 0 unspecified atom stereocenters. The standard InChI is InChI=1S/C24H28ClN3O3/c1-2-3-14-26-23(30)19-9-5-7-11-21(19)27-22(29)17-12-15-28(16-13-17)24(31)18-8-4-6-10-20(18)25/h4-11,17H,2-3,12-16H2,1H3,(H,26,30)(H,27,29). The van der Waals surface area contributed by atoms with E-state index in [-0.39, 0.29) is 23.6 Å². The van der Waals surface area contributed by atoms with Gasteiger partial charge in [-0.3, -0.25) is 14.4 Å². The first-order valence-electron chi connectivity index (χ1n) is 10.7. The van der Waals surface area contributed by atoms with Gasteiger partial charge >= 0.3 is 0 Å². The summed E-state index contributed by atoms with van der Waals surface area (Å²) < 4.78 is 0. The van der Waals surface area contributed by atoms with Crippen molar-refractivity contribution in [1.82, 2.24) is 10.2 Å². The highest BCUT2D eigenvalue weighted by molar-refractivity contribution is 6.33. The van der Waals surface area contributed by atoms with Gasteiger partial charge < -0.3 is 15.5 Å². The summed E-state index contributed by atoms with van der Waals surface area (Å²) in [5.74, 6) is -0.645. The van der Waals surface area contributed by atoms with Crippen molar-refractivity contribution in [1.29, 1.82) is 0 Å². The van der Waals surface area contributed by atoms with Crippen molar-refractivity contribution in [2.75, 3.05) is 25.0 Å². The van der Waals surface area contributed by atoms with Crippen molar-refractivity contribution < 1.29 is 14.4 Å². The molecule has 2 aromatic carbocycles. The van der Waals surface area contributed by atoms with E-state index < -0.39 is 0 Å². The molecule has 1 aliphatic rings. The number of carbonyl (C=O) groups excluding carboxylic acids is 3. The van der Waals surface area contributed by atoms with Crippen LogP contribution in [0.4, 0.5) is 5.69 Å². The number of hydrogen-bond acceptors (Lipinski definition) is 3.